The van der Waals surface area contributed by atoms with E-state index in [1.165, 1.54) is 18.5 Å². The Hall–Kier alpha value is -2.04. The zero-order valence-electron chi connectivity index (χ0n) is 17.3. The van der Waals surface area contributed by atoms with E-state index in [4.69, 9.17) is 0 Å². The summed E-state index contributed by atoms with van der Waals surface area (Å²) in [6.07, 6.45) is 3.75. The molecule has 0 bridgehead atoms. The molecule has 5 heteroatoms. The Balaban J connectivity index is 1.90. The third-order valence-corrected chi connectivity index (χ3v) is 5.30. The molecule has 1 aliphatic heterocycles. The van der Waals surface area contributed by atoms with E-state index >= 15 is 0 Å². The van der Waals surface area contributed by atoms with Crippen LogP contribution in [0.4, 0.5) is 11.4 Å². The van der Waals surface area contributed by atoms with Gasteiger partial charge in [0, 0.05) is 50.9 Å². The van der Waals surface area contributed by atoms with Crippen molar-refractivity contribution in [2.45, 2.75) is 53.4 Å². The van der Waals surface area contributed by atoms with Crippen molar-refractivity contribution in [3.63, 3.8) is 0 Å². The monoisotopic (exact) mass is 373 g/mol. The van der Waals surface area contributed by atoms with Gasteiger partial charge < -0.3 is 15.1 Å². The average Bonchev–Trinajstić information content (AvgIpc) is 2.62. The van der Waals surface area contributed by atoms with Gasteiger partial charge in [-0.15, -0.1) is 0 Å². The number of piperidine rings is 1. The highest BCUT2D eigenvalue weighted by Crippen LogP contribution is 2.25. The second-order valence-corrected chi connectivity index (χ2v) is 8.14. The minimum Gasteiger partial charge on any atom is -0.372 e. The topological polar surface area (TPSA) is 52.7 Å². The Morgan fingerprint density at radius 1 is 1.19 bits per heavy atom. The smallest absolute Gasteiger partial charge is 0.223 e. The Kier molecular flexibility index (Phi) is 8.14. The maximum atomic E-state index is 12.1. The van der Waals surface area contributed by atoms with Crippen LogP contribution >= 0.6 is 0 Å². The lowest BCUT2D eigenvalue weighted by atomic mass is 9.99. The number of nitrogens with one attached hydrogen (secondary N) is 1. The highest BCUT2D eigenvalue weighted by Gasteiger charge is 2.17. The van der Waals surface area contributed by atoms with Gasteiger partial charge in [0.25, 0.3) is 0 Å². The van der Waals surface area contributed by atoms with Crippen molar-refractivity contribution in [3.05, 3.63) is 24.3 Å². The van der Waals surface area contributed by atoms with Crippen molar-refractivity contribution in [3.8, 4) is 0 Å². The van der Waals surface area contributed by atoms with Crippen LogP contribution in [0, 0.1) is 11.8 Å². The van der Waals surface area contributed by atoms with Crippen LogP contribution in [0.1, 0.15) is 53.4 Å². The van der Waals surface area contributed by atoms with Crippen LogP contribution in [0.2, 0.25) is 0 Å². The van der Waals surface area contributed by atoms with E-state index in [0.717, 1.165) is 31.1 Å². The van der Waals surface area contributed by atoms with Gasteiger partial charge in [-0.1, -0.05) is 20.8 Å². The van der Waals surface area contributed by atoms with Crippen molar-refractivity contribution < 1.29 is 9.59 Å². The van der Waals surface area contributed by atoms with Gasteiger partial charge in [-0.05, 0) is 55.4 Å². The van der Waals surface area contributed by atoms with Crippen LogP contribution in [0.3, 0.4) is 0 Å². The molecule has 0 spiro atoms. The lowest BCUT2D eigenvalue weighted by Gasteiger charge is -2.32. The lowest BCUT2D eigenvalue weighted by molar-refractivity contribution is -0.121. The molecule has 0 aliphatic carbocycles. The Morgan fingerprint density at radius 3 is 2.37 bits per heavy atom. The summed E-state index contributed by atoms with van der Waals surface area (Å²) in [5, 5.41) is 2.93. The fourth-order valence-electron chi connectivity index (χ4n) is 3.38. The molecule has 0 saturated carbocycles. The molecular weight excluding hydrogens is 338 g/mol. The molecule has 1 heterocycles. The third kappa shape index (κ3) is 6.89. The standard InChI is InChI=1S/C22H35N3O2/c1-17(2)9-13-23-22(27)12-16-25(19(4)26)21-7-5-20(6-8-21)24-14-10-18(3)11-15-24/h5-8,17-18H,9-16H2,1-4H3,(H,23,27). The van der Waals surface area contributed by atoms with Crippen molar-refractivity contribution in [2.75, 3.05) is 36.0 Å². The Morgan fingerprint density at radius 2 is 1.81 bits per heavy atom. The molecular formula is C22H35N3O2. The highest BCUT2D eigenvalue weighted by molar-refractivity contribution is 5.92. The van der Waals surface area contributed by atoms with E-state index in [-0.39, 0.29) is 11.8 Å². The number of benzene rings is 1. The summed E-state index contributed by atoms with van der Waals surface area (Å²) < 4.78 is 0. The molecule has 0 radical (unpaired) electrons. The molecule has 150 valence electrons. The SMILES string of the molecule is CC(=O)N(CCC(=O)NCCC(C)C)c1ccc(N2CCC(C)CC2)cc1. The first-order chi connectivity index (χ1) is 12.9. The van der Waals surface area contributed by atoms with E-state index in [2.05, 4.69) is 43.1 Å². The zero-order valence-corrected chi connectivity index (χ0v) is 17.3. The first-order valence-corrected chi connectivity index (χ1v) is 10.3. The fourth-order valence-corrected chi connectivity index (χ4v) is 3.38. The summed E-state index contributed by atoms with van der Waals surface area (Å²) in [4.78, 5) is 28.2. The molecule has 2 rings (SSSR count). The predicted octanol–water partition coefficient (Wildman–Crippen LogP) is 3.83. The fraction of sp³-hybridized carbons (Fsp3) is 0.636. The number of nitrogens with zero attached hydrogens (tertiary/aromatic N) is 2. The highest BCUT2D eigenvalue weighted by atomic mass is 16.2. The lowest BCUT2D eigenvalue weighted by Crippen LogP contribution is -2.34. The second kappa shape index (κ2) is 10.3. The van der Waals surface area contributed by atoms with Gasteiger partial charge in [-0.25, -0.2) is 0 Å². The van der Waals surface area contributed by atoms with Crippen LogP contribution in [-0.2, 0) is 9.59 Å². The molecule has 1 aromatic carbocycles. The number of hydrogen-bond acceptors (Lipinski definition) is 3. The summed E-state index contributed by atoms with van der Waals surface area (Å²) in [5.74, 6) is 1.34. The molecule has 0 aromatic heterocycles. The summed E-state index contributed by atoms with van der Waals surface area (Å²) in [5.41, 5.74) is 2.06. The molecule has 1 aliphatic rings. The molecule has 5 nitrogen and oxygen atoms in total. The predicted molar refractivity (Wildman–Crippen MR) is 112 cm³/mol. The van der Waals surface area contributed by atoms with Gasteiger partial charge in [0.2, 0.25) is 11.8 Å². The van der Waals surface area contributed by atoms with Crippen LogP contribution in [0.25, 0.3) is 0 Å². The summed E-state index contributed by atoms with van der Waals surface area (Å²) >= 11 is 0. The summed E-state index contributed by atoms with van der Waals surface area (Å²) in [7, 11) is 0. The average molecular weight is 374 g/mol. The molecule has 0 unspecified atom stereocenters. The minimum atomic E-state index is -0.0375. The van der Waals surface area contributed by atoms with E-state index in [1.54, 1.807) is 11.8 Å². The maximum absolute atomic E-state index is 12.1. The van der Waals surface area contributed by atoms with Crippen molar-refractivity contribution >= 4 is 23.2 Å². The first kappa shape index (κ1) is 21.3. The molecule has 1 aromatic rings. The largest absolute Gasteiger partial charge is 0.372 e. The van der Waals surface area contributed by atoms with E-state index < -0.39 is 0 Å². The second-order valence-electron chi connectivity index (χ2n) is 8.14. The van der Waals surface area contributed by atoms with E-state index in [1.807, 2.05) is 12.1 Å². The normalized spacial score (nSPS) is 15.1. The van der Waals surface area contributed by atoms with Crippen LogP contribution in [0.5, 0.6) is 0 Å². The van der Waals surface area contributed by atoms with Gasteiger partial charge in [-0.2, -0.15) is 0 Å². The van der Waals surface area contributed by atoms with Gasteiger partial charge in [-0.3, -0.25) is 9.59 Å². The van der Waals surface area contributed by atoms with Crippen molar-refractivity contribution in [1.82, 2.24) is 5.32 Å². The summed E-state index contributed by atoms with van der Waals surface area (Å²) in [6.45, 7) is 11.4. The van der Waals surface area contributed by atoms with Crippen LogP contribution in [0.15, 0.2) is 24.3 Å². The van der Waals surface area contributed by atoms with E-state index in [0.29, 0.717) is 25.4 Å². The Bertz CT molecular complexity index is 604. The number of hydrogen-bond donors (Lipinski definition) is 1. The van der Waals surface area contributed by atoms with Crippen molar-refractivity contribution in [2.24, 2.45) is 11.8 Å². The molecule has 0 atom stereocenters. The van der Waals surface area contributed by atoms with Crippen LogP contribution in [-0.4, -0.2) is 38.0 Å². The number of carbonyl (C=O) groups is 2. The zero-order chi connectivity index (χ0) is 19.8. The third-order valence-electron chi connectivity index (χ3n) is 5.30. The molecule has 2 amide bonds. The van der Waals surface area contributed by atoms with Gasteiger partial charge in [0.15, 0.2) is 0 Å². The van der Waals surface area contributed by atoms with Crippen molar-refractivity contribution in [1.29, 1.82) is 0 Å². The molecule has 1 fully saturated rings. The molecule has 27 heavy (non-hydrogen) atoms. The number of amides is 2. The summed E-state index contributed by atoms with van der Waals surface area (Å²) in [6, 6.07) is 8.16. The molecule has 1 N–H and O–H groups in total. The number of anilines is 2. The van der Waals surface area contributed by atoms with Crippen LogP contribution < -0.4 is 15.1 Å². The minimum absolute atomic E-state index is 0.000886. The van der Waals surface area contributed by atoms with Gasteiger partial charge in [0.1, 0.15) is 0 Å². The quantitative estimate of drug-likeness (QED) is 0.753. The molecule has 1 saturated heterocycles. The van der Waals surface area contributed by atoms with Gasteiger partial charge in [0.05, 0.1) is 0 Å². The maximum Gasteiger partial charge on any atom is 0.223 e. The first-order valence-electron chi connectivity index (χ1n) is 10.3. The Labute approximate surface area is 164 Å². The van der Waals surface area contributed by atoms with E-state index in [9.17, 15) is 9.59 Å². The number of rotatable bonds is 8. The van der Waals surface area contributed by atoms with Gasteiger partial charge >= 0.3 is 0 Å². The number of carbonyl (C=O) groups excluding carboxylic acids is 2.